The second-order valence-corrected chi connectivity index (χ2v) is 4.77. The van der Waals surface area contributed by atoms with E-state index in [4.69, 9.17) is 15.2 Å². The fourth-order valence-electron chi connectivity index (χ4n) is 2.48. The van der Waals surface area contributed by atoms with Gasteiger partial charge in [0.2, 0.25) is 18.4 Å². The van der Waals surface area contributed by atoms with E-state index in [0.717, 1.165) is 12.8 Å². The van der Waals surface area contributed by atoms with E-state index in [2.05, 4.69) is 0 Å². The molecule has 1 aliphatic heterocycles. The largest absolute Gasteiger partial charge is 0.505 e. The summed E-state index contributed by atoms with van der Waals surface area (Å²) in [5, 5.41) is 9.92. The molecule has 1 fully saturated rings. The molecule has 1 saturated carbocycles. The minimum atomic E-state index is -0.748. The molecule has 2 aliphatic rings. The van der Waals surface area contributed by atoms with Gasteiger partial charge in [-0.1, -0.05) is 0 Å². The molecule has 0 bridgehead atoms. The summed E-state index contributed by atoms with van der Waals surface area (Å²) < 4.78 is 24.0. The molecule has 3 rings (SSSR count). The Bertz CT molecular complexity index is 483. The van der Waals surface area contributed by atoms with E-state index in [1.165, 1.54) is 0 Å². The van der Waals surface area contributed by atoms with Crippen molar-refractivity contribution in [3.05, 3.63) is 17.4 Å². The Labute approximate surface area is 98.1 Å². The highest BCUT2D eigenvalue weighted by Crippen LogP contribution is 2.56. The van der Waals surface area contributed by atoms with Gasteiger partial charge in [0, 0.05) is 17.0 Å². The zero-order valence-corrected chi connectivity index (χ0v) is 9.50. The first kappa shape index (κ1) is 10.7. The number of aromatic hydroxyl groups is 1. The summed E-state index contributed by atoms with van der Waals surface area (Å²) in [6.07, 6.45) is 1.72. The highest BCUT2D eigenvalue weighted by atomic mass is 19.1. The van der Waals surface area contributed by atoms with Crippen molar-refractivity contribution >= 4 is 0 Å². The predicted molar refractivity (Wildman–Crippen MR) is 58.7 cm³/mol. The highest BCUT2D eigenvalue weighted by molar-refractivity contribution is 5.57. The summed E-state index contributed by atoms with van der Waals surface area (Å²) in [7, 11) is 0. The first-order valence-corrected chi connectivity index (χ1v) is 5.63. The Hall–Kier alpha value is -1.49. The van der Waals surface area contributed by atoms with Crippen LogP contribution in [0.5, 0.6) is 17.2 Å². The number of rotatable bonds is 2. The molecule has 0 saturated heterocycles. The lowest BCUT2D eigenvalue weighted by Gasteiger charge is -2.21. The zero-order valence-electron chi connectivity index (χ0n) is 9.50. The number of hydrogen-bond donors (Lipinski definition) is 2. The molecule has 5 heteroatoms. The maximum Gasteiger partial charge on any atom is 0.231 e. The van der Waals surface area contributed by atoms with Crippen LogP contribution in [0.4, 0.5) is 4.39 Å². The van der Waals surface area contributed by atoms with Gasteiger partial charge in [-0.2, -0.15) is 4.39 Å². The molecule has 0 radical (unpaired) electrons. The van der Waals surface area contributed by atoms with E-state index in [0.29, 0.717) is 11.3 Å². The molecular weight excluding hydrogens is 225 g/mol. The molecule has 92 valence electrons. The summed E-state index contributed by atoms with van der Waals surface area (Å²) in [4.78, 5) is 0. The monoisotopic (exact) mass is 239 g/mol. The number of nitrogens with two attached hydrogens (primary N) is 1. The van der Waals surface area contributed by atoms with Crippen LogP contribution < -0.4 is 15.2 Å². The Morgan fingerprint density at radius 1 is 1.47 bits per heavy atom. The number of halogens is 1. The van der Waals surface area contributed by atoms with Crippen molar-refractivity contribution in [2.24, 2.45) is 5.73 Å². The Kier molecular flexibility index (Phi) is 2.04. The van der Waals surface area contributed by atoms with E-state index >= 15 is 0 Å². The fraction of sp³-hybridized carbons (Fsp3) is 0.500. The van der Waals surface area contributed by atoms with E-state index in [9.17, 15) is 9.50 Å². The van der Waals surface area contributed by atoms with Crippen molar-refractivity contribution < 1.29 is 19.0 Å². The second-order valence-electron chi connectivity index (χ2n) is 4.77. The first-order chi connectivity index (χ1) is 8.06. The topological polar surface area (TPSA) is 64.7 Å². The van der Waals surface area contributed by atoms with Gasteiger partial charge in [-0.15, -0.1) is 0 Å². The van der Waals surface area contributed by atoms with Crippen molar-refractivity contribution in [3.63, 3.8) is 0 Å². The normalized spacial score (nSPS) is 21.4. The second kappa shape index (κ2) is 3.26. The van der Waals surface area contributed by atoms with Crippen LogP contribution in [0.3, 0.4) is 0 Å². The number of hydrogen-bond acceptors (Lipinski definition) is 4. The summed E-state index contributed by atoms with van der Waals surface area (Å²) >= 11 is 0. The van der Waals surface area contributed by atoms with Crippen LogP contribution >= 0.6 is 0 Å². The molecule has 0 amide bonds. The van der Waals surface area contributed by atoms with Crippen LogP contribution in [-0.2, 0) is 5.41 Å². The molecule has 1 aromatic carbocycles. The van der Waals surface area contributed by atoms with Crippen molar-refractivity contribution in [2.75, 3.05) is 6.79 Å². The molecule has 0 spiro atoms. The predicted octanol–water partition coefficient (Wildman–Crippen LogP) is 1.64. The first-order valence-electron chi connectivity index (χ1n) is 5.63. The molecule has 3 N–H and O–H groups in total. The molecule has 17 heavy (non-hydrogen) atoms. The summed E-state index contributed by atoms with van der Waals surface area (Å²) in [6, 6.07) is 1.52. The van der Waals surface area contributed by atoms with Gasteiger partial charge in [-0.05, 0) is 25.8 Å². The third-order valence-corrected chi connectivity index (χ3v) is 3.78. The maximum absolute atomic E-state index is 13.9. The average molecular weight is 239 g/mol. The number of fused-ring (bicyclic) bond motifs is 1. The zero-order chi connectivity index (χ0) is 12.2. The van der Waals surface area contributed by atoms with Gasteiger partial charge in [0.1, 0.15) is 0 Å². The lowest BCUT2D eigenvalue weighted by atomic mass is 9.88. The molecule has 1 unspecified atom stereocenters. The molecule has 1 aromatic rings. The van der Waals surface area contributed by atoms with Gasteiger partial charge in [-0.25, -0.2) is 0 Å². The molecule has 4 nitrogen and oxygen atoms in total. The smallest absolute Gasteiger partial charge is 0.231 e. The highest BCUT2D eigenvalue weighted by Gasteiger charge is 2.50. The van der Waals surface area contributed by atoms with Crippen LogP contribution in [0.15, 0.2) is 6.07 Å². The van der Waals surface area contributed by atoms with E-state index < -0.39 is 5.82 Å². The number of phenolic OH excluding ortho intramolecular Hbond substituents is 1. The van der Waals surface area contributed by atoms with Gasteiger partial charge in [0.05, 0.1) is 0 Å². The third-order valence-electron chi connectivity index (χ3n) is 3.78. The lowest BCUT2D eigenvalue weighted by molar-refractivity contribution is 0.170. The van der Waals surface area contributed by atoms with E-state index in [1.54, 1.807) is 6.07 Å². The summed E-state index contributed by atoms with van der Waals surface area (Å²) in [5.41, 5.74) is 6.15. The van der Waals surface area contributed by atoms with Gasteiger partial charge >= 0.3 is 0 Å². The van der Waals surface area contributed by atoms with Crippen molar-refractivity contribution in [1.82, 2.24) is 0 Å². The fourth-order valence-corrected chi connectivity index (χ4v) is 2.48. The van der Waals surface area contributed by atoms with Gasteiger partial charge < -0.3 is 20.3 Å². The van der Waals surface area contributed by atoms with Gasteiger partial charge in [0.25, 0.3) is 0 Å². The minimum absolute atomic E-state index is 0.00766. The van der Waals surface area contributed by atoms with Crippen molar-refractivity contribution in [3.8, 4) is 17.2 Å². The van der Waals surface area contributed by atoms with Gasteiger partial charge in [-0.3, -0.25) is 0 Å². The molecule has 0 aromatic heterocycles. The van der Waals surface area contributed by atoms with Crippen LogP contribution in [-0.4, -0.2) is 17.9 Å². The van der Waals surface area contributed by atoms with E-state index in [1.807, 2.05) is 6.92 Å². The SMILES string of the molecule is CC(N)C1(c2cc3c(c(F)c2O)OCO3)CC1. The molecular formula is C12H14FNO3. The quantitative estimate of drug-likeness (QED) is 0.823. The summed E-state index contributed by atoms with van der Waals surface area (Å²) in [6.45, 7) is 1.86. The standard InChI is InChI=1S/C12H14FNO3/c1-6(14)12(2-3-12)7-4-8-11(17-5-16-8)9(13)10(7)15/h4,6,15H,2-3,5,14H2,1H3. The number of phenols is 1. The maximum atomic E-state index is 13.9. The lowest BCUT2D eigenvalue weighted by Crippen LogP contribution is -2.31. The molecule has 1 atom stereocenters. The number of benzene rings is 1. The van der Waals surface area contributed by atoms with Crippen molar-refractivity contribution in [2.45, 2.75) is 31.2 Å². The van der Waals surface area contributed by atoms with Crippen molar-refractivity contribution in [1.29, 1.82) is 0 Å². The Morgan fingerprint density at radius 3 is 2.76 bits per heavy atom. The van der Waals surface area contributed by atoms with E-state index in [-0.39, 0.29) is 29.7 Å². The number of ether oxygens (including phenoxy) is 2. The third kappa shape index (κ3) is 1.32. The molecule has 1 heterocycles. The van der Waals surface area contributed by atoms with Crippen LogP contribution in [0.25, 0.3) is 0 Å². The Morgan fingerprint density at radius 2 is 2.18 bits per heavy atom. The van der Waals surface area contributed by atoms with Crippen LogP contribution in [0.2, 0.25) is 0 Å². The molecule has 1 aliphatic carbocycles. The Balaban J connectivity index is 2.16. The van der Waals surface area contributed by atoms with Gasteiger partial charge in [0.15, 0.2) is 11.5 Å². The van der Waals surface area contributed by atoms with Crippen LogP contribution in [0, 0.1) is 5.82 Å². The van der Waals surface area contributed by atoms with Crippen LogP contribution in [0.1, 0.15) is 25.3 Å². The summed E-state index contributed by atoms with van der Waals surface area (Å²) in [5.74, 6) is -0.764. The average Bonchev–Trinajstić information content (AvgIpc) is 2.97. The minimum Gasteiger partial charge on any atom is -0.505 e.